The third-order valence-electron chi connectivity index (χ3n) is 3.52. The lowest BCUT2D eigenvalue weighted by molar-refractivity contribution is 0.0926. The van der Waals surface area contributed by atoms with E-state index in [1.54, 1.807) is 12.1 Å². The fourth-order valence-corrected chi connectivity index (χ4v) is 2.62. The maximum absolute atomic E-state index is 12.1. The Morgan fingerprint density at radius 1 is 1.45 bits per heavy atom. The van der Waals surface area contributed by atoms with Gasteiger partial charge in [0.05, 0.1) is 11.1 Å². The van der Waals surface area contributed by atoms with Gasteiger partial charge in [-0.25, -0.2) is 0 Å². The summed E-state index contributed by atoms with van der Waals surface area (Å²) < 4.78 is 10.4. The lowest BCUT2D eigenvalue weighted by Crippen LogP contribution is -2.34. The lowest BCUT2D eigenvalue weighted by atomic mass is 10.1. The van der Waals surface area contributed by atoms with Gasteiger partial charge >= 0.3 is 0 Å². The second kappa shape index (κ2) is 5.47. The molecule has 0 radical (unpaired) electrons. The molecule has 2 aliphatic heterocycles. The minimum absolute atomic E-state index is 0.0310. The molecular formula is C13H15ClN2O4. The maximum Gasteiger partial charge on any atom is 0.251 e. The topological polar surface area (TPSA) is 79.8 Å². The summed E-state index contributed by atoms with van der Waals surface area (Å²) in [5.41, 5.74) is 0.416. The van der Waals surface area contributed by atoms with Crippen LogP contribution in [0.4, 0.5) is 0 Å². The SMILES string of the molecule is O=C(NCC1CNCC1O)c1cc(Cl)c2c(c1)OCO2. The smallest absolute Gasteiger partial charge is 0.251 e. The molecule has 0 spiro atoms. The lowest BCUT2D eigenvalue weighted by Gasteiger charge is -2.14. The fourth-order valence-electron chi connectivity index (χ4n) is 2.35. The molecule has 1 saturated heterocycles. The summed E-state index contributed by atoms with van der Waals surface area (Å²) in [6.07, 6.45) is -0.421. The highest BCUT2D eigenvalue weighted by atomic mass is 35.5. The van der Waals surface area contributed by atoms with Crippen LogP contribution in [0.5, 0.6) is 11.5 Å². The first kappa shape index (κ1) is 13.5. The van der Waals surface area contributed by atoms with Crippen molar-refractivity contribution in [2.24, 2.45) is 5.92 Å². The fraction of sp³-hybridized carbons (Fsp3) is 0.462. The predicted molar refractivity (Wildman–Crippen MR) is 72.3 cm³/mol. The molecule has 1 aromatic carbocycles. The molecule has 1 amide bonds. The van der Waals surface area contributed by atoms with Gasteiger partial charge in [0.1, 0.15) is 0 Å². The largest absolute Gasteiger partial charge is 0.454 e. The molecule has 0 aromatic heterocycles. The Hall–Kier alpha value is -1.50. The number of amides is 1. The van der Waals surface area contributed by atoms with Crippen LogP contribution in [-0.2, 0) is 0 Å². The number of rotatable bonds is 3. The molecule has 3 rings (SSSR count). The van der Waals surface area contributed by atoms with Gasteiger partial charge in [0.15, 0.2) is 11.5 Å². The minimum atomic E-state index is -0.421. The number of hydrogen-bond donors (Lipinski definition) is 3. The van der Waals surface area contributed by atoms with Crippen LogP contribution in [0.1, 0.15) is 10.4 Å². The average molecular weight is 299 g/mol. The van der Waals surface area contributed by atoms with E-state index in [4.69, 9.17) is 21.1 Å². The van der Waals surface area contributed by atoms with E-state index < -0.39 is 6.10 Å². The van der Waals surface area contributed by atoms with Gasteiger partial charge in [-0.1, -0.05) is 11.6 Å². The molecule has 2 atom stereocenters. The first-order valence-electron chi connectivity index (χ1n) is 6.41. The van der Waals surface area contributed by atoms with Crippen molar-refractivity contribution in [2.45, 2.75) is 6.10 Å². The van der Waals surface area contributed by atoms with Crippen molar-refractivity contribution < 1.29 is 19.4 Å². The number of aliphatic hydroxyl groups is 1. The van der Waals surface area contributed by atoms with Gasteiger partial charge in [0.2, 0.25) is 6.79 Å². The van der Waals surface area contributed by atoms with Crippen LogP contribution >= 0.6 is 11.6 Å². The van der Waals surface area contributed by atoms with E-state index in [-0.39, 0.29) is 18.6 Å². The molecule has 3 N–H and O–H groups in total. The number of carbonyl (C=O) groups excluding carboxylic acids is 1. The Morgan fingerprint density at radius 2 is 2.30 bits per heavy atom. The normalized spacial score (nSPS) is 23.9. The summed E-state index contributed by atoms with van der Waals surface area (Å²) in [4.78, 5) is 12.1. The number of halogens is 1. The van der Waals surface area contributed by atoms with Gasteiger partial charge in [-0.3, -0.25) is 4.79 Å². The summed E-state index contributed by atoms with van der Waals surface area (Å²) in [5.74, 6) is 0.733. The summed E-state index contributed by atoms with van der Waals surface area (Å²) in [6, 6.07) is 3.15. The van der Waals surface area contributed by atoms with Crippen molar-refractivity contribution in [3.05, 3.63) is 22.7 Å². The van der Waals surface area contributed by atoms with Crippen molar-refractivity contribution in [3.63, 3.8) is 0 Å². The van der Waals surface area contributed by atoms with Crippen molar-refractivity contribution in [2.75, 3.05) is 26.4 Å². The number of β-amino-alcohol motifs (C(OH)–C–C–N with tert-alkyl or cyclic N) is 1. The van der Waals surface area contributed by atoms with E-state index in [2.05, 4.69) is 10.6 Å². The van der Waals surface area contributed by atoms with Crippen LogP contribution in [0, 0.1) is 5.92 Å². The van der Waals surface area contributed by atoms with Crippen LogP contribution in [0.2, 0.25) is 5.02 Å². The van der Waals surface area contributed by atoms with Crippen LogP contribution < -0.4 is 20.1 Å². The molecule has 0 bridgehead atoms. The van der Waals surface area contributed by atoms with Crippen LogP contribution in [0.3, 0.4) is 0 Å². The van der Waals surface area contributed by atoms with Gasteiger partial charge in [0.25, 0.3) is 5.91 Å². The number of benzene rings is 1. The van der Waals surface area contributed by atoms with Crippen molar-refractivity contribution in [1.29, 1.82) is 0 Å². The van der Waals surface area contributed by atoms with Gasteiger partial charge in [-0.2, -0.15) is 0 Å². The van der Waals surface area contributed by atoms with Crippen LogP contribution in [0.15, 0.2) is 12.1 Å². The monoisotopic (exact) mass is 298 g/mol. The quantitative estimate of drug-likeness (QED) is 0.752. The third-order valence-corrected chi connectivity index (χ3v) is 3.80. The molecule has 0 saturated carbocycles. The van der Waals surface area contributed by atoms with Gasteiger partial charge < -0.3 is 25.2 Å². The van der Waals surface area contributed by atoms with Crippen LogP contribution in [0.25, 0.3) is 0 Å². The Kier molecular flexibility index (Phi) is 3.69. The van der Waals surface area contributed by atoms with Crippen molar-refractivity contribution in [1.82, 2.24) is 10.6 Å². The second-order valence-electron chi connectivity index (χ2n) is 4.89. The minimum Gasteiger partial charge on any atom is -0.454 e. The summed E-state index contributed by atoms with van der Waals surface area (Å²) in [7, 11) is 0. The van der Waals surface area contributed by atoms with Crippen molar-refractivity contribution in [3.8, 4) is 11.5 Å². The molecule has 1 fully saturated rings. The highest BCUT2D eigenvalue weighted by Gasteiger charge is 2.26. The number of nitrogens with one attached hydrogen (secondary N) is 2. The van der Waals surface area contributed by atoms with Crippen molar-refractivity contribution >= 4 is 17.5 Å². The zero-order valence-corrected chi connectivity index (χ0v) is 11.4. The number of aliphatic hydroxyl groups excluding tert-OH is 1. The van der Waals surface area contributed by atoms with E-state index in [1.165, 1.54) is 0 Å². The first-order valence-corrected chi connectivity index (χ1v) is 6.79. The average Bonchev–Trinajstić information content (AvgIpc) is 3.05. The summed E-state index contributed by atoms with van der Waals surface area (Å²) >= 11 is 6.03. The first-order chi connectivity index (χ1) is 9.65. The zero-order valence-electron chi connectivity index (χ0n) is 10.7. The van der Waals surface area contributed by atoms with Gasteiger partial charge in [-0.15, -0.1) is 0 Å². The maximum atomic E-state index is 12.1. The molecule has 2 unspecified atom stereocenters. The highest BCUT2D eigenvalue weighted by molar-refractivity contribution is 6.32. The summed E-state index contributed by atoms with van der Waals surface area (Å²) in [6.45, 7) is 1.79. The van der Waals surface area contributed by atoms with E-state index >= 15 is 0 Å². The Labute approximate surface area is 121 Å². The van der Waals surface area contributed by atoms with E-state index in [0.29, 0.717) is 41.7 Å². The molecule has 2 heterocycles. The molecule has 2 aliphatic rings. The standard InChI is InChI=1S/C13H15ClN2O4/c14-9-1-7(2-11-12(9)20-6-19-11)13(18)16-4-8-3-15-5-10(8)17/h1-2,8,10,15,17H,3-6H2,(H,16,18). The number of fused-ring (bicyclic) bond motifs is 1. The predicted octanol–water partition coefficient (Wildman–Crippen LogP) is 0.379. The molecular weight excluding hydrogens is 284 g/mol. The number of ether oxygens (including phenoxy) is 2. The summed E-state index contributed by atoms with van der Waals surface area (Å²) in [5, 5.41) is 15.9. The Balaban J connectivity index is 1.67. The molecule has 20 heavy (non-hydrogen) atoms. The molecule has 0 aliphatic carbocycles. The third kappa shape index (κ3) is 2.54. The number of carbonyl (C=O) groups is 1. The van der Waals surface area contributed by atoms with Crippen LogP contribution in [-0.4, -0.2) is 43.5 Å². The Morgan fingerprint density at radius 3 is 3.05 bits per heavy atom. The second-order valence-corrected chi connectivity index (χ2v) is 5.29. The van der Waals surface area contributed by atoms with Gasteiger partial charge in [0, 0.05) is 31.1 Å². The van der Waals surface area contributed by atoms with E-state index in [0.717, 1.165) is 0 Å². The molecule has 6 nitrogen and oxygen atoms in total. The molecule has 108 valence electrons. The zero-order chi connectivity index (χ0) is 14.1. The molecule has 7 heteroatoms. The number of hydrogen-bond acceptors (Lipinski definition) is 5. The highest BCUT2D eigenvalue weighted by Crippen LogP contribution is 2.39. The van der Waals surface area contributed by atoms with E-state index in [1.807, 2.05) is 0 Å². The van der Waals surface area contributed by atoms with E-state index in [9.17, 15) is 9.90 Å². The van der Waals surface area contributed by atoms with Gasteiger partial charge in [-0.05, 0) is 12.1 Å². The Bertz CT molecular complexity index is 537. The molecule has 1 aromatic rings.